The van der Waals surface area contributed by atoms with Gasteiger partial charge in [0.1, 0.15) is 5.75 Å². The Kier molecular flexibility index (Phi) is 7.03. The van der Waals surface area contributed by atoms with Gasteiger partial charge in [-0.2, -0.15) is 0 Å². The number of anilines is 1. The van der Waals surface area contributed by atoms with Crippen LogP contribution in [0.25, 0.3) is 0 Å². The first-order valence-electron chi connectivity index (χ1n) is 7.70. The summed E-state index contributed by atoms with van der Waals surface area (Å²) in [6.07, 6.45) is 2.12. The summed E-state index contributed by atoms with van der Waals surface area (Å²) in [5.74, 6) is 0.456. The minimum absolute atomic E-state index is 0.208. The molecule has 0 bridgehead atoms. The second kappa shape index (κ2) is 9.25. The largest absolute Gasteiger partial charge is 0.494 e. The van der Waals surface area contributed by atoms with E-state index in [0.717, 1.165) is 24.3 Å². The second-order valence-corrected chi connectivity index (χ2v) is 5.93. The molecule has 0 atom stereocenters. The van der Waals surface area contributed by atoms with Crippen molar-refractivity contribution < 1.29 is 9.53 Å². The molecule has 0 saturated heterocycles. The molecular formula is C18H19ClN2O2S. The first-order valence-corrected chi connectivity index (χ1v) is 8.48. The molecule has 2 N–H and O–H groups in total. The van der Waals surface area contributed by atoms with Gasteiger partial charge < -0.3 is 10.1 Å². The fourth-order valence-corrected chi connectivity index (χ4v) is 2.38. The molecule has 0 heterocycles. The SMILES string of the molecule is CCCCOc1ccc(NC(=S)NC(=O)c2ccccc2Cl)cc1. The van der Waals surface area contributed by atoms with Gasteiger partial charge in [0.25, 0.3) is 5.91 Å². The van der Waals surface area contributed by atoms with Gasteiger partial charge in [-0.3, -0.25) is 10.1 Å². The van der Waals surface area contributed by atoms with Crippen LogP contribution in [-0.2, 0) is 0 Å². The Hall–Kier alpha value is -2.11. The van der Waals surface area contributed by atoms with E-state index in [9.17, 15) is 4.79 Å². The summed E-state index contributed by atoms with van der Waals surface area (Å²) in [4.78, 5) is 12.1. The Bertz CT molecular complexity index is 704. The monoisotopic (exact) mass is 362 g/mol. The number of hydrogen-bond donors (Lipinski definition) is 2. The highest BCUT2D eigenvalue weighted by atomic mass is 35.5. The highest BCUT2D eigenvalue weighted by Crippen LogP contribution is 2.17. The molecule has 2 aromatic rings. The highest BCUT2D eigenvalue weighted by Gasteiger charge is 2.11. The Morgan fingerprint density at radius 2 is 1.88 bits per heavy atom. The summed E-state index contributed by atoms with van der Waals surface area (Å²) >= 11 is 11.2. The molecule has 0 aromatic heterocycles. The van der Waals surface area contributed by atoms with Crippen LogP contribution in [0, 0.1) is 0 Å². The molecule has 2 aromatic carbocycles. The first kappa shape index (κ1) is 18.2. The van der Waals surface area contributed by atoms with Crippen LogP contribution in [0.3, 0.4) is 0 Å². The van der Waals surface area contributed by atoms with Crippen molar-refractivity contribution in [2.45, 2.75) is 19.8 Å². The number of carbonyl (C=O) groups excluding carboxylic acids is 1. The Labute approximate surface area is 152 Å². The topological polar surface area (TPSA) is 50.4 Å². The third kappa shape index (κ3) is 5.51. The number of carbonyl (C=O) groups is 1. The maximum atomic E-state index is 12.1. The third-order valence-electron chi connectivity index (χ3n) is 3.22. The zero-order valence-corrected chi connectivity index (χ0v) is 14.9. The van der Waals surface area contributed by atoms with Crippen molar-refractivity contribution in [3.63, 3.8) is 0 Å². The van der Waals surface area contributed by atoms with Crippen LogP contribution in [0.15, 0.2) is 48.5 Å². The van der Waals surface area contributed by atoms with Gasteiger partial charge in [0.15, 0.2) is 5.11 Å². The Balaban J connectivity index is 1.88. The number of nitrogens with one attached hydrogen (secondary N) is 2. The summed E-state index contributed by atoms with van der Waals surface area (Å²) in [7, 11) is 0. The number of halogens is 1. The molecular weight excluding hydrogens is 344 g/mol. The Morgan fingerprint density at radius 3 is 2.54 bits per heavy atom. The standard InChI is InChI=1S/C18H19ClN2O2S/c1-2-3-12-23-14-10-8-13(9-11-14)20-18(24)21-17(22)15-6-4-5-7-16(15)19/h4-11H,2-3,12H2,1H3,(H2,20,21,22,24). The number of unbranched alkanes of at least 4 members (excludes halogenated alkanes) is 1. The molecule has 0 fully saturated rings. The molecule has 0 aliphatic heterocycles. The highest BCUT2D eigenvalue weighted by molar-refractivity contribution is 7.80. The van der Waals surface area contributed by atoms with Gasteiger partial charge in [-0.15, -0.1) is 0 Å². The van der Waals surface area contributed by atoms with Crippen LogP contribution >= 0.6 is 23.8 Å². The summed E-state index contributed by atoms with van der Waals surface area (Å²) in [5, 5.41) is 6.15. The van der Waals surface area contributed by atoms with Crippen molar-refractivity contribution in [3.05, 3.63) is 59.1 Å². The number of hydrogen-bond acceptors (Lipinski definition) is 3. The fourth-order valence-electron chi connectivity index (χ4n) is 1.95. The molecule has 126 valence electrons. The lowest BCUT2D eigenvalue weighted by Gasteiger charge is -2.11. The minimum Gasteiger partial charge on any atom is -0.494 e. The van der Waals surface area contributed by atoms with Gasteiger partial charge in [0.2, 0.25) is 0 Å². The lowest BCUT2D eigenvalue weighted by Crippen LogP contribution is -2.34. The zero-order valence-electron chi connectivity index (χ0n) is 13.3. The van der Waals surface area contributed by atoms with Crippen molar-refractivity contribution in [2.24, 2.45) is 0 Å². The van der Waals surface area contributed by atoms with E-state index >= 15 is 0 Å². The summed E-state index contributed by atoms with van der Waals surface area (Å²) in [6, 6.07) is 14.2. The van der Waals surface area contributed by atoms with E-state index in [-0.39, 0.29) is 11.0 Å². The summed E-state index contributed by atoms with van der Waals surface area (Å²) in [5.41, 5.74) is 1.14. The van der Waals surface area contributed by atoms with Crippen LogP contribution < -0.4 is 15.4 Å². The van der Waals surface area contributed by atoms with Gasteiger partial charge in [-0.25, -0.2) is 0 Å². The predicted molar refractivity (Wildman–Crippen MR) is 102 cm³/mol. The van der Waals surface area contributed by atoms with Crippen LogP contribution in [0.1, 0.15) is 30.1 Å². The maximum absolute atomic E-state index is 12.1. The number of thiocarbonyl (C=S) groups is 1. The lowest BCUT2D eigenvalue weighted by atomic mass is 10.2. The smallest absolute Gasteiger partial charge is 0.258 e. The zero-order chi connectivity index (χ0) is 17.4. The number of rotatable bonds is 6. The van der Waals surface area contributed by atoms with Crippen molar-refractivity contribution in [3.8, 4) is 5.75 Å². The molecule has 4 nitrogen and oxygen atoms in total. The van der Waals surface area contributed by atoms with Crippen molar-refractivity contribution in [1.82, 2.24) is 5.32 Å². The summed E-state index contributed by atoms with van der Waals surface area (Å²) in [6.45, 7) is 2.82. The van der Waals surface area contributed by atoms with Crippen molar-refractivity contribution in [2.75, 3.05) is 11.9 Å². The molecule has 0 saturated carbocycles. The molecule has 0 unspecified atom stereocenters. The van der Waals surface area contributed by atoms with E-state index in [4.69, 9.17) is 28.6 Å². The third-order valence-corrected chi connectivity index (χ3v) is 3.76. The second-order valence-electron chi connectivity index (χ2n) is 5.11. The first-order chi connectivity index (χ1) is 11.6. The summed E-state index contributed by atoms with van der Waals surface area (Å²) < 4.78 is 5.60. The van der Waals surface area contributed by atoms with E-state index in [1.165, 1.54) is 0 Å². The minimum atomic E-state index is -0.349. The molecule has 6 heteroatoms. The van der Waals surface area contributed by atoms with Gasteiger partial charge in [-0.05, 0) is 55.0 Å². The number of amides is 1. The quantitative estimate of drug-likeness (QED) is 0.580. The maximum Gasteiger partial charge on any atom is 0.258 e. The molecule has 2 rings (SSSR count). The van der Waals surface area contributed by atoms with E-state index < -0.39 is 0 Å². The Morgan fingerprint density at radius 1 is 1.17 bits per heavy atom. The molecule has 0 spiro atoms. The lowest BCUT2D eigenvalue weighted by molar-refractivity contribution is 0.0978. The van der Waals surface area contributed by atoms with Gasteiger partial charge >= 0.3 is 0 Å². The average molecular weight is 363 g/mol. The normalized spacial score (nSPS) is 10.1. The molecule has 0 radical (unpaired) electrons. The predicted octanol–water partition coefficient (Wildman–Crippen LogP) is 4.65. The van der Waals surface area contributed by atoms with Gasteiger partial charge in [0.05, 0.1) is 17.2 Å². The molecule has 0 aliphatic carbocycles. The van der Waals surface area contributed by atoms with Crippen LogP contribution in [-0.4, -0.2) is 17.6 Å². The number of ether oxygens (including phenoxy) is 1. The molecule has 1 amide bonds. The van der Waals surface area contributed by atoms with E-state index in [1.54, 1.807) is 24.3 Å². The molecule has 24 heavy (non-hydrogen) atoms. The average Bonchev–Trinajstić information content (AvgIpc) is 2.57. The van der Waals surface area contributed by atoms with E-state index in [1.807, 2.05) is 24.3 Å². The van der Waals surface area contributed by atoms with Crippen molar-refractivity contribution in [1.29, 1.82) is 0 Å². The van der Waals surface area contributed by atoms with Gasteiger partial charge in [-0.1, -0.05) is 37.1 Å². The van der Waals surface area contributed by atoms with Crippen LogP contribution in [0.4, 0.5) is 5.69 Å². The van der Waals surface area contributed by atoms with Crippen LogP contribution in [0.5, 0.6) is 5.75 Å². The van der Waals surface area contributed by atoms with E-state index in [2.05, 4.69) is 17.6 Å². The molecule has 0 aliphatic rings. The van der Waals surface area contributed by atoms with Gasteiger partial charge in [0, 0.05) is 5.69 Å². The van der Waals surface area contributed by atoms with Crippen molar-refractivity contribution >= 4 is 40.5 Å². The van der Waals surface area contributed by atoms with E-state index in [0.29, 0.717) is 17.2 Å². The fraction of sp³-hybridized carbons (Fsp3) is 0.222. The van der Waals surface area contributed by atoms with Crippen LogP contribution in [0.2, 0.25) is 5.02 Å². The number of benzene rings is 2.